The van der Waals surface area contributed by atoms with E-state index in [2.05, 4.69) is 12.2 Å². The van der Waals surface area contributed by atoms with E-state index in [1.165, 1.54) is 5.56 Å². The molecule has 5 nitrogen and oxygen atoms in total. The van der Waals surface area contributed by atoms with E-state index < -0.39 is 0 Å². The van der Waals surface area contributed by atoms with Crippen molar-refractivity contribution in [1.29, 1.82) is 0 Å². The highest BCUT2D eigenvalue weighted by Gasteiger charge is 2.11. The van der Waals surface area contributed by atoms with Crippen molar-refractivity contribution in [2.45, 2.75) is 20.4 Å². The van der Waals surface area contributed by atoms with Crippen LogP contribution < -0.4 is 14.8 Å². The minimum atomic E-state index is -0.0433. The number of anilines is 1. The summed E-state index contributed by atoms with van der Waals surface area (Å²) in [5, 5.41) is 2.94. The normalized spacial score (nSPS) is 10.6. The molecule has 0 fully saturated rings. The molecule has 0 aliphatic rings. The van der Waals surface area contributed by atoms with Crippen molar-refractivity contribution in [1.82, 2.24) is 4.90 Å². The number of methoxy groups -OCH3 is 2. The third kappa shape index (κ3) is 5.22. The van der Waals surface area contributed by atoms with Crippen LogP contribution in [-0.2, 0) is 11.3 Å². The molecule has 2 aromatic carbocycles. The fourth-order valence-electron chi connectivity index (χ4n) is 2.59. The van der Waals surface area contributed by atoms with E-state index in [-0.39, 0.29) is 5.91 Å². The molecule has 0 unspecified atom stereocenters. The molecule has 0 spiro atoms. The Morgan fingerprint density at radius 2 is 1.80 bits per heavy atom. The number of likely N-dealkylation sites (N-methyl/N-ethyl adjacent to an activating group) is 1. The minimum Gasteiger partial charge on any atom is -0.497 e. The van der Waals surface area contributed by atoms with Gasteiger partial charge in [-0.25, -0.2) is 0 Å². The Labute approximate surface area is 149 Å². The van der Waals surface area contributed by atoms with Crippen molar-refractivity contribution >= 4 is 11.6 Å². The summed E-state index contributed by atoms with van der Waals surface area (Å²) in [6.45, 7) is 4.99. The lowest BCUT2D eigenvalue weighted by atomic mass is 10.1. The van der Waals surface area contributed by atoms with Crippen LogP contribution in [0.25, 0.3) is 0 Å². The van der Waals surface area contributed by atoms with Gasteiger partial charge in [-0.2, -0.15) is 0 Å². The molecule has 0 aliphatic carbocycles. The van der Waals surface area contributed by atoms with Gasteiger partial charge in [-0.3, -0.25) is 9.69 Å². The molecule has 1 amide bonds. The number of nitrogens with zero attached hydrogens (tertiary/aromatic N) is 1. The quantitative estimate of drug-likeness (QED) is 0.838. The number of hydrogen-bond donors (Lipinski definition) is 1. The number of benzene rings is 2. The highest BCUT2D eigenvalue weighted by atomic mass is 16.5. The fraction of sp³-hybridized carbons (Fsp3) is 0.350. The number of ether oxygens (including phenoxy) is 2. The van der Waals surface area contributed by atoms with Crippen molar-refractivity contribution in [2.24, 2.45) is 0 Å². The molecule has 0 aromatic heterocycles. The van der Waals surface area contributed by atoms with Crippen LogP contribution in [0, 0.1) is 13.8 Å². The van der Waals surface area contributed by atoms with Gasteiger partial charge in [0.05, 0.1) is 20.8 Å². The molecule has 2 aromatic rings. The lowest BCUT2D eigenvalue weighted by molar-refractivity contribution is -0.117. The van der Waals surface area contributed by atoms with E-state index in [4.69, 9.17) is 9.47 Å². The van der Waals surface area contributed by atoms with Crippen LogP contribution in [-0.4, -0.2) is 38.6 Å². The molecule has 25 heavy (non-hydrogen) atoms. The first-order valence-corrected chi connectivity index (χ1v) is 8.19. The van der Waals surface area contributed by atoms with Gasteiger partial charge in [-0.15, -0.1) is 0 Å². The molecule has 1 N–H and O–H groups in total. The Hall–Kier alpha value is -2.53. The highest BCUT2D eigenvalue weighted by molar-refractivity contribution is 5.92. The van der Waals surface area contributed by atoms with Gasteiger partial charge in [-0.05, 0) is 50.2 Å². The third-order valence-electron chi connectivity index (χ3n) is 4.14. The van der Waals surface area contributed by atoms with Gasteiger partial charge >= 0.3 is 0 Å². The second-order valence-corrected chi connectivity index (χ2v) is 6.20. The summed E-state index contributed by atoms with van der Waals surface area (Å²) in [6, 6.07) is 11.6. The predicted molar refractivity (Wildman–Crippen MR) is 100 cm³/mol. The smallest absolute Gasteiger partial charge is 0.238 e. The summed E-state index contributed by atoms with van der Waals surface area (Å²) in [5.74, 6) is 1.45. The van der Waals surface area contributed by atoms with Crippen LogP contribution in [0.15, 0.2) is 36.4 Å². The van der Waals surface area contributed by atoms with Gasteiger partial charge < -0.3 is 14.8 Å². The number of aryl methyl sites for hydroxylation is 2. The molecule has 0 radical (unpaired) electrons. The highest BCUT2D eigenvalue weighted by Crippen LogP contribution is 2.25. The number of amides is 1. The lowest BCUT2D eigenvalue weighted by Crippen LogP contribution is -2.30. The van der Waals surface area contributed by atoms with Crippen LogP contribution in [0.2, 0.25) is 0 Å². The molecule has 0 aliphatic heterocycles. The van der Waals surface area contributed by atoms with Crippen molar-refractivity contribution in [3.63, 3.8) is 0 Å². The molecular formula is C20H26N2O3. The minimum absolute atomic E-state index is 0.0433. The van der Waals surface area contributed by atoms with Crippen LogP contribution in [0.1, 0.15) is 16.7 Å². The number of carbonyl (C=O) groups excluding carboxylic acids is 1. The maximum absolute atomic E-state index is 12.3. The van der Waals surface area contributed by atoms with E-state index >= 15 is 0 Å². The molecule has 0 saturated carbocycles. The average molecular weight is 342 g/mol. The summed E-state index contributed by atoms with van der Waals surface area (Å²) in [5.41, 5.74) is 4.20. The maximum atomic E-state index is 12.3. The van der Waals surface area contributed by atoms with E-state index in [0.29, 0.717) is 13.1 Å². The van der Waals surface area contributed by atoms with Crippen molar-refractivity contribution < 1.29 is 14.3 Å². The first-order chi connectivity index (χ1) is 11.9. The average Bonchev–Trinajstić information content (AvgIpc) is 2.58. The second-order valence-electron chi connectivity index (χ2n) is 6.20. The zero-order chi connectivity index (χ0) is 18.4. The molecule has 0 heterocycles. The predicted octanol–water partition coefficient (Wildman–Crippen LogP) is 3.39. The Bertz CT molecular complexity index is 744. The first-order valence-electron chi connectivity index (χ1n) is 8.19. The van der Waals surface area contributed by atoms with E-state index in [9.17, 15) is 4.79 Å². The molecule has 0 atom stereocenters. The number of nitrogens with one attached hydrogen (secondary N) is 1. The van der Waals surface area contributed by atoms with Gasteiger partial charge in [0.1, 0.15) is 11.5 Å². The number of carbonyl (C=O) groups is 1. The van der Waals surface area contributed by atoms with Crippen molar-refractivity contribution in [3.8, 4) is 11.5 Å². The maximum Gasteiger partial charge on any atom is 0.238 e. The van der Waals surface area contributed by atoms with Gasteiger partial charge in [0.2, 0.25) is 5.91 Å². The summed E-state index contributed by atoms with van der Waals surface area (Å²) in [7, 11) is 5.16. The van der Waals surface area contributed by atoms with Crippen molar-refractivity contribution in [2.75, 3.05) is 33.1 Å². The standard InChI is InChI=1S/C20H26N2O3/c1-14-6-8-17(10-15(14)2)21-20(23)13-22(3)12-16-7-9-18(24-4)11-19(16)25-5/h6-11H,12-13H2,1-5H3,(H,21,23). The zero-order valence-electron chi connectivity index (χ0n) is 15.6. The number of hydrogen-bond acceptors (Lipinski definition) is 4. The van der Waals surface area contributed by atoms with Gasteiger partial charge in [0.15, 0.2) is 0 Å². The summed E-state index contributed by atoms with van der Waals surface area (Å²) in [6.07, 6.45) is 0. The van der Waals surface area contributed by atoms with Gasteiger partial charge in [-0.1, -0.05) is 12.1 Å². The Morgan fingerprint density at radius 3 is 2.44 bits per heavy atom. The van der Waals surface area contributed by atoms with Gasteiger partial charge in [0, 0.05) is 23.9 Å². The zero-order valence-corrected chi connectivity index (χ0v) is 15.6. The van der Waals surface area contributed by atoms with Crippen molar-refractivity contribution in [3.05, 3.63) is 53.1 Å². The molecule has 134 valence electrons. The Balaban J connectivity index is 1.96. The monoisotopic (exact) mass is 342 g/mol. The SMILES string of the molecule is COc1ccc(CN(C)CC(=O)Nc2ccc(C)c(C)c2)c(OC)c1. The first kappa shape index (κ1) is 18.8. The van der Waals surface area contributed by atoms with E-state index in [1.54, 1.807) is 14.2 Å². The summed E-state index contributed by atoms with van der Waals surface area (Å²) < 4.78 is 10.6. The molecule has 0 bridgehead atoms. The topological polar surface area (TPSA) is 50.8 Å². The molecule has 5 heteroatoms. The van der Waals surface area contributed by atoms with Crippen LogP contribution >= 0.6 is 0 Å². The van der Waals surface area contributed by atoms with E-state index in [1.807, 2.05) is 55.3 Å². The third-order valence-corrected chi connectivity index (χ3v) is 4.14. The molecule has 2 rings (SSSR count). The Kier molecular flexibility index (Phi) is 6.42. The van der Waals surface area contributed by atoms with E-state index in [0.717, 1.165) is 28.3 Å². The Morgan fingerprint density at radius 1 is 1.04 bits per heavy atom. The second kappa shape index (κ2) is 8.53. The summed E-state index contributed by atoms with van der Waals surface area (Å²) >= 11 is 0. The summed E-state index contributed by atoms with van der Waals surface area (Å²) in [4.78, 5) is 14.2. The van der Waals surface area contributed by atoms with Gasteiger partial charge in [0.25, 0.3) is 0 Å². The fourth-order valence-corrected chi connectivity index (χ4v) is 2.59. The number of rotatable bonds is 7. The largest absolute Gasteiger partial charge is 0.497 e. The van der Waals surface area contributed by atoms with Crippen LogP contribution in [0.3, 0.4) is 0 Å². The molecular weight excluding hydrogens is 316 g/mol. The van der Waals surface area contributed by atoms with Crippen LogP contribution in [0.4, 0.5) is 5.69 Å². The molecule has 0 saturated heterocycles. The van der Waals surface area contributed by atoms with Crippen LogP contribution in [0.5, 0.6) is 11.5 Å². The lowest BCUT2D eigenvalue weighted by Gasteiger charge is -2.18.